The molecule has 1 amide bonds. The second kappa shape index (κ2) is 7.70. The van der Waals surface area contributed by atoms with E-state index in [9.17, 15) is 4.79 Å². The van der Waals surface area contributed by atoms with E-state index in [1.165, 1.54) is 0 Å². The van der Waals surface area contributed by atoms with Crippen LogP contribution in [-0.4, -0.2) is 28.5 Å². The molecule has 1 aliphatic rings. The quantitative estimate of drug-likeness (QED) is 0.328. The van der Waals surface area contributed by atoms with Crippen LogP contribution in [0.25, 0.3) is 0 Å². The molecular formula is C14H18BrN3O2S. The van der Waals surface area contributed by atoms with Gasteiger partial charge in [0.15, 0.2) is 5.84 Å². The molecule has 0 saturated carbocycles. The van der Waals surface area contributed by atoms with E-state index >= 15 is 0 Å². The highest BCUT2D eigenvalue weighted by molar-refractivity contribution is 9.10. The predicted octanol–water partition coefficient (Wildman–Crippen LogP) is 3.02. The number of halogens is 1. The lowest BCUT2D eigenvalue weighted by Gasteiger charge is -2.21. The van der Waals surface area contributed by atoms with Gasteiger partial charge in [0.1, 0.15) is 0 Å². The molecule has 0 radical (unpaired) electrons. The van der Waals surface area contributed by atoms with Crippen LogP contribution in [0.1, 0.15) is 24.8 Å². The number of nitrogens with one attached hydrogen (secondary N) is 1. The highest BCUT2D eigenvalue weighted by Crippen LogP contribution is 2.26. The third-order valence-corrected chi connectivity index (χ3v) is 5.00. The van der Waals surface area contributed by atoms with Crippen LogP contribution < -0.4 is 11.1 Å². The standard InChI is InChI=1S/C14H18BrN3O2S/c15-10-1-2-11(14(16)18-20)12(8-10)17-13(19)7-9-3-5-21-6-4-9/h1-2,8-9,20H,3-7H2,(H2,16,18)(H,17,19). The zero-order valence-electron chi connectivity index (χ0n) is 11.5. The largest absolute Gasteiger partial charge is 0.409 e. The first-order valence-corrected chi connectivity index (χ1v) is 8.70. The molecule has 0 atom stereocenters. The van der Waals surface area contributed by atoms with Gasteiger partial charge in [0, 0.05) is 16.5 Å². The van der Waals surface area contributed by atoms with E-state index < -0.39 is 0 Å². The Morgan fingerprint density at radius 1 is 1.48 bits per heavy atom. The summed E-state index contributed by atoms with van der Waals surface area (Å²) in [5.41, 5.74) is 6.69. The van der Waals surface area contributed by atoms with E-state index in [1.54, 1.807) is 18.2 Å². The SMILES string of the molecule is N/C(=N/O)c1ccc(Br)cc1NC(=O)CC1CCSCC1. The van der Waals surface area contributed by atoms with Crippen molar-refractivity contribution >= 4 is 45.1 Å². The van der Waals surface area contributed by atoms with Gasteiger partial charge in [-0.05, 0) is 48.5 Å². The maximum absolute atomic E-state index is 12.2. The summed E-state index contributed by atoms with van der Waals surface area (Å²) in [4.78, 5) is 12.2. The molecule has 7 heteroatoms. The van der Waals surface area contributed by atoms with Crippen molar-refractivity contribution < 1.29 is 10.0 Å². The third-order valence-electron chi connectivity index (χ3n) is 3.45. The number of hydrogen-bond acceptors (Lipinski definition) is 4. The summed E-state index contributed by atoms with van der Waals surface area (Å²) in [5.74, 6) is 2.66. The zero-order valence-corrected chi connectivity index (χ0v) is 13.9. The number of thioether (sulfide) groups is 1. The van der Waals surface area contributed by atoms with Crippen LogP contribution in [0.5, 0.6) is 0 Å². The number of hydrogen-bond donors (Lipinski definition) is 3. The van der Waals surface area contributed by atoms with Gasteiger partial charge < -0.3 is 16.3 Å². The summed E-state index contributed by atoms with van der Waals surface area (Å²) in [7, 11) is 0. The first-order chi connectivity index (χ1) is 10.1. The molecule has 4 N–H and O–H groups in total. The van der Waals surface area contributed by atoms with Gasteiger partial charge in [0.2, 0.25) is 5.91 Å². The average Bonchev–Trinajstić information content (AvgIpc) is 2.47. The molecule has 2 rings (SSSR count). The topological polar surface area (TPSA) is 87.7 Å². The molecule has 1 heterocycles. The Bertz CT molecular complexity index is 545. The Morgan fingerprint density at radius 3 is 2.86 bits per heavy atom. The molecule has 1 saturated heterocycles. The molecule has 114 valence electrons. The second-order valence-electron chi connectivity index (χ2n) is 4.98. The molecule has 0 spiro atoms. The molecule has 0 aromatic heterocycles. The summed E-state index contributed by atoms with van der Waals surface area (Å²) in [5, 5.41) is 14.7. The summed E-state index contributed by atoms with van der Waals surface area (Å²) in [6.45, 7) is 0. The van der Waals surface area contributed by atoms with Crippen LogP contribution >= 0.6 is 27.7 Å². The minimum absolute atomic E-state index is 0.0214. The van der Waals surface area contributed by atoms with Crippen LogP contribution in [0.4, 0.5) is 5.69 Å². The number of benzene rings is 1. The van der Waals surface area contributed by atoms with Gasteiger partial charge in [0.25, 0.3) is 0 Å². The highest BCUT2D eigenvalue weighted by atomic mass is 79.9. The number of carbonyl (C=O) groups excluding carboxylic acids is 1. The van der Waals surface area contributed by atoms with Gasteiger partial charge in [-0.2, -0.15) is 11.8 Å². The lowest BCUT2D eigenvalue weighted by molar-refractivity contribution is -0.117. The number of carbonyl (C=O) groups is 1. The van der Waals surface area contributed by atoms with Crippen LogP contribution in [0.3, 0.4) is 0 Å². The van der Waals surface area contributed by atoms with Gasteiger partial charge in [-0.3, -0.25) is 4.79 Å². The second-order valence-corrected chi connectivity index (χ2v) is 7.12. The van der Waals surface area contributed by atoms with Gasteiger partial charge in [0.05, 0.1) is 5.69 Å². The molecule has 1 aliphatic heterocycles. The van der Waals surface area contributed by atoms with Crippen LogP contribution in [0.15, 0.2) is 27.8 Å². The molecule has 1 aromatic carbocycles. The van der Waals surface area contributed by atoms with Crippen LogP contribution in [-0.2, 0) is 4.79 Å². The van der Waals surface area contributed by atoms with Gasteiger partial charge in [-0.15, -0.1) is 0 Å². The Balaban J connectivity index is 2.07. The molecule has 0 aliphatic carbocycles. The van der Waals surface area contributed by atoms with E-state index in [0.29, 0.717) is 23.6 Å². The average molecular weight is 372 g/mol. The number of nitrogens with zero attached hydrogens (tertiary/aromatic N) is 1. The summed E-state index contributed by atoms with van der Waals surface area (Å²) < 4.78 is 0.821. The third kappa shape index (κ3) is 4.64. The molecule has 0 unspecified atom stereocenters. The summed E-state index contributed by atoms with van der Waals surface area (Å²) in [6.07, 6.45) is 2.69. The molecule has 1 aromatic rings. The Hall–Kier alpha value is -1.21. The Morgan fingerprint density at radius 2 is 2.19 bits per heavy atom. The van der Waals surface area contributed by atoms with Gasteiger partial charge >= 0.3 is 0 Å². The van der Waals surface area contributed by atoms with Crippen molar-refractivity contribution in [2.24, 2.45) is 16.8 Å². The number of nitrogens with two attached hydrogens (primary N) is 1. The number of amides is 1. The van der Waals surface area contributed by atoms with Crippen molar-refractivity contribution in [2.45, 2.75) is 19.3 Å². The smallest absolute Gasteiger partial charge is 0.224 e. The first kappa shape index (κ1) is 16.2. The lowest BCUT2D eigenvalue weighted by Crippen LogP contribution is -2.22. The molecular weight excluding hydrogens is 354 g/mol. The van der Waals surface area contributed by atoms with Crippen molar-refractivity contribution in [3.63, 3.8) is 0 Å². The monoisotopic (exact) mass is 371 g/mol. The molecule has 0 bridgehead atoms. The normalized spacial score (nSPS) is 16.7. The number of anilines is 1. The van der Waals surface area contributed by atoms with Crippen molar-refractivity contribution in [2.75, 3.05) is 16.8 Å². The highest BCUT2D eigenvalue weighted by Gasteiger charge is 2.18. The fourth-order valence-electron chi connectivity index (χ4n) is 2.31. The fraction of sp³-hybridized carbons (Fsp3) is 0.429. The molecule has 1 fully saturated rings. The summed E-state index contributed by atoms with van der Waals surface area (Å²) >= 11 is 5.30. The van der Waals surface area contributed by atoms with E-state index in [1.807, 2.05) is 11.8 Å². The zero-order chi connectivity index (χ0) is 15.2. The summed E-state index contributed by atoms with van der Waals surface area (Å²) in [6, 6.07) is 5.23. The Kier molecular flexibility index (Phi) is 5.93. The Labute approximate surface area is 136 Å². The predicted molar refractivity (Wildman–Crippen MR) is 89.9 cm³/mol. The molecule has 5 nitrogen and oxygen atoms in total. The van der Waals surface area contributed by atoms with Crippen LogP contribution in [0, 0.1) is 5.92 Å². The van der Waals surface area contributed by atoms with E-state index in [4.69, 9.17) is 10.9 Å². The fourth-order valence-corrected chi connectivity index (χ4v) is 3.88. The minimum atomic E-state index is -0.0306. The van der Waals surface area contributed by atoms with E-state index in [-0.39, 0.29) is 11.7 Å². The van der Waals surface area contributed by atoms with Crippen LogP contribution in [0.2, 0.25) is 0 Å². The van der Waals surface area contributed by atoms with Crippen molar-refractivity contribution in [1.82, 2.24) is 0 Å². The first-order valence-electron chi connectivity index (χ1n) is 6.75. The number of rotatable bonds is 4. The maximum atomic E-state index is 12.2. The van der Waals surface area contributed by atoms with Crippen molar-refractivity contribution in [3.8, 4) is 0 Å². The minimum Gasteiger partial charge on any atom is -0.409 e. The number of oxime groups is 1. The molecule has 21 heavy (non-hydrogen) atoms. The van der Waals surface area contributed by atoms with E-state index in [0.717, 1.165) is 28.8 Å². The van der Waals surface area contributed by atoms with E-state index in [2.05, 4.69) is 26.4 Å². The lowest BCUT2D eigenvalue weighted by atomic mass is 9.98. The van der Waals surface area contributed by atoms with Gasteiger partial charge in [-0.25, -0.2) is 0 Å². The van der Waals surface area contributed by atoms with Crippen molar-refractivity contribution in [1.29, 1.82) is 0 Å². The number of amidine groups is 1. The maximum Gasteiger partial charge on any atom is 0.224 e. The van der Waals surface area contributed by atoms with Crippen molar-refractivity contribution in [3.05, 3.63) is 28.2 Å². The van der Waals surface area contributed by atoms with Gasteiger partial charge in [-0.1, -0.05) is 21.1 Å².